The molecule has 88 valence electrons. The Labute approximate surface area is 94.9 Å². The second kappa shape index (κ2) is 4.13. The number of hydrogen-bond acceptors (Lipinski definition) is 1. The van der Waals surface area contributed by atoms with Crippen LogP contribution in [0, 0.1) is 19.8 Å². The van der Waals surface area contributed by atoms with Crippen LogP contribution in [0.5, 0.6) is 0 Å². The minimum atomic E-state index is -2.71. The highest BCUT2D eigenvalue weighted by Crippen LogP contribution is 2.40. The Morgan fingerprint density at radius 2 is 2.06 bits per heavy atom. The van der Waals surface area contributed by atoms with Crippen molar-refractivity contribution >= 4 is 0 Å². The lowest BCUT2D eigenvalue weighted by atomic mass is 9.90. The Morgan fingerprint density at radius 3 is 2.69 bits per heavy atom. The van der Waals surface area contributed by atoms with E-state index < -0.39 is 11.8 Å². The van der Waals surface area contributed by atoms with Crippen LogP contribution in [0.2, 0.25) is 0 Å². The Hall–Kier alpha value is -0.960. The predicted octanol–water partition coefficient (Wildman–Crippen LogP) is 3.00. The molecule has 3 heteroatoms. The molecule has 0 bridgehead atoms. The third kappa shape index (κ3) is 1.96. The highest BCUT2D eigenvalue weighted by molar-refractivity contribution is 5.34. The Balaban J connectivity index is 2.37. The van der Waals surface area contributed by atoms with E-state index in [2.05, 4.69) is 5.32 Å². The van der Waals surface area contributed by atoms with Gasteiger partial charge in [0, 0.05) is 18.0 Å². The molecule has 0 aliphatic carbocycles. The van der Waals surface area contributed by atoms with Gasteiger partial charge >= 0.3 is 0 Å². The summed E-state index contributed by atoms with van der Waals surface area (Å²) in [5, 5.41) is 3.00. The maximum Gasteiger partial charge on any atom is 0.277 e. The number of alkyl halides is 2. The first kappa shape index (κ1) is 11.5. The van der Waals surface area contributed by atoms with E-state index >= 15 is 0 Å². The third-order valence-electron chi connectivity index (χ3n) is 3.33. The van der Waals surface area contributed by atoms with Gasteiger partial charge in [-0.1, -0.05) is 17.7 Å². The second-order valence-corrected chi connectivity index (χ2v) is 4.63. The van der Waals surface area contributed by atoms with Gasteiger partial charge in [-0.2, -0.15) is 0 Å². The van der Waals surface area contributed by atoms with Crippen LogP contribution >= 0.6 is 0 Å². The molecule has 0 radical (unpaired) electrons. The Bertz CT molecular complexity index is 382. The Kier molecular flexibility index (Phi) is 2.98. The number of hydrogen-bond donors (Lipinski definition) is 1. The van der Waals surface area contributed by atoms with Gasteiger partial charge < -0.3 is 5.32 Å². The molecule has 0 amide bonds. The standard InChI is InChI=1S/C13H17F2N/c1-9-3-4-10(2)12(7-9)13(14,15)11-5-6-16-8-11/h3-4,7,11,16H,5-6,8H2,1-2H3. The molecular weight excluding hydrogens is 208 g/mol. The SMILES string of the molecule is Cc1ccc(C)c(C(F)(F)C2CCNC2)c1. The summed E-state index contributed by atoms with van der Waals surface area (Å²) in [5.74, 6) is -3.27. The van der Waals surface area contributed by atoms with Crippen LogP contribution in [0.15, 0.2) is 18.2 Å². The lowest BCUT2D eigenvalue weighted by Gasteiger charge is -2.24. The first-order valence-corrected chi connectivity index (χ1v) is 5.68. The molecule has 16 heavy (non-hydrogen) atoms. The maximum atomic E-state index is 14.3. The van der Waals surface area contributed by atoms with Crippen molar-refractivity contribution in [3.63, 3.8) is 0 Å². The summed E-state index contributed by atoms with van der Waals surface area (Å²) in [4.78, 5) is 0. The van der Waals surface area contributed by atoms with Crippen molar-refractivity contribution in [2.45, 2.75) is 26.2 Å². The molecular formula is C13H17F2N. The van der Waals surface area contributed by atoms with Crippen molar-refractivity contribution < 1.29 is 8.78 Å². The van der Waals surface area contributed by atoms with Gasteiger partial charge in [0.1, 0.15) is 0 Å². The minimum Gasteiger partial charge on any atom is -0.316 e. The zero-order valence-corrected chi connectivity index (χ0v) is 9.69. The summed E-state index contributed by atoms with van der Waals surface area (Å²) in [5.41, 5.74) is 1.77. The molecule has 1 saturated heterocycles. The van der Waals surface area contributed by atoms with E-state index in [0.717, 1.165) is 5.56 Å². The van der Waals surface area contributed by atoms with Crippen LogP contribution < -0.4 is 5.32 Å². The summed E-state index contributed by atoms with van der Waals surface area (Å²) in [7, 11) is 0. The molecule has 0 aromatic heterocycles. The highest BCUT2D eigenvalue weighted by atomic mass is 19.3. The summed E-state index contributed by atoms with van der Waals surface area (Å²) >= 11 is 0. The number of nitrogens with one attached hydrogen (secondary N) is 1. The van der Waals surface area contributed by atoms with Crippen molar-refractivity contribution in [3.8, 4) is 0 Å². The van der Waals surface area contributed by atoms with Crippen LogP contribution in [0.4, 0.5) is 8.78 Å². The van der Waals surface area contributed by atoms with Crippen LogP contribution in [-0.4, -0.2) is 13.1 Å². The fraction of sp³-hybridized carbons (Fsp3) is 0.538. The van der Waals surface area contributed by atoms with Crippen LogP contribution in [0.3, 0.4) is 0 Å². The van der Waals surface area contributed by atoms with E-state index in [1.807, 2.05) is 13.0 Å². The lowest BCUT2D eigenvalue weighted by Crippen LogP contribution is -2.28. The van der Waals surface area contributed by atoms with Gasteiger partial charge in [-0.25, -0.2) is 8.78 Å². The predicted molar refractivity (Wildman–Crippen MR) is 60.8 cm³/mol. The van der Waals surface area contributed by atoms with Gasteiger partial charge in [0.25, 0.3) is 5.92 Å². The molecule has 1 aliphatic rings. The average molecular weight is 225 g/mol. The molecule has 2 rings (SSSR count). The van der Waals surface area contributed by atoms with E-state index in [9.17, 15) is 8.78 Å². The van der Waals surface area contributed by atoms with E-state index in [-0.39, 0.29) is 5.56 Å². The normalized spacial score (nSPS) is 21.4. The molecule has 1 nitrogen and oxygen atoms in total. The molecule has 0 spiro atoms. The summed E-state index contributed by atoms with van der Waals surface area (Å²) in [6, 6.07) is 5.27. The smallest absolute Gasteiger partial charge is 0.277 e. The summed E-state index contributed by atoms with van der Waals surface area (Å²) in [6.45, 7) is 4.72. The summed E-state index contributed by atoms with van der Waals surface area (Å²) in [6.07, 6.45) is 0.556. The molecule has 1 aromatic carbocycles. The molecule has 1 heterocycles. The van der Waals surface area contributed by atoms with Crippen molar-refractivity contribution in [2.75, 3.05) is 13.1 Å². The molecule has 1 aromatic rings. The second-order valence-electron chi connectivity index (χ2n) is 4.63. The Morgan fingerprint density at radius 1 is 1.31 bits per heavy atom. The molecule has 1 N–H and O–H groups in total. The van der Waals surface area contributed by atoms with E-state index in [1.54, 1.807) is 19.1 Å². The third-order valence-corrected chi connectivity index (χ3v) is 3.33. The van der Waals surface area contributed by atoms with E-state index in [0.29, 0.717) is 25.1 Å². The number of aryl methyl sites for hydroxylation is 2. The fourth-order valence-corrected chi connectivity index (χ4v) is 2.28. The van der Waals surface area contributed by atoms with E-state index in [4.69, 9.17) is 0 Å². The topological polar surface area (TPSA) is 12.0 Å². The zero-order valence-electron chi connectivity index (χ0n) is 9.69. The molecule has 1 fully saturated rings. The molecule has 1 aliphatic heterocycles. The van der Waals surface area contributed by atoms with Crippen LogP contribution in [0.25, 0.3) is 0 Å². The maximum absolute atomic E-state index is 14.3. The fourth-order valence-electron chi connectivity index (χ4n) is 2.28. The zero-order chi connectivity index (χ0) is 11.8. The van der Waals surface area contributed by atoms with Gasteiger partial charge in [0.05, 0.1) is 0 Å². The van der Waals surface area contributed by atoms with Gasteiger partial charge in [0.15, 0.2) is 0 Å². The van der Waals surface area contributed by atoms with Crippen molar-refractivity contribution in [1.82, 2.24) is 5.32 Å². The molecule has 1 unspecified atom stereocenters. The number of benzene rings is 1. The lowest BCUT2D eigenvalue weighted by molar-refractivity contribution is -0.0581. The van der Waals surface area contributed by atoms with Crippen molar-refractivity contribution in [2.24, 2.45) is 5.92 Å². The first-order chi connectivity index (χ1) is 7.51. The largest absolute Gasteiger partial charge is 0.316 e. The monoisotopic (exact) mass is 225 g/mol. The highest BCUT2D eigenvalue weighted by Gasteiger charge is 2.43. The molecule has 0 saturated carbocycles. The average Bonchev–Trinajstić information content (AvgIpc) is 2.75. The van der Waals surface area contributed by atoms with Gasteiger partial charge in [0.2, 0.25) is 0 Å². The van der Waals surface area contributed by atoms with E-state index in [1.165, 1.54) is 0 Å². The minimum absolute atomic E-state index is 0.196. The summed E-state index contributed by atoms with van der Waals surface area (Å²) < 4.78 is 28.5. The number of halogens is 2. The first-order valence-electron chi connectivity index (χ1n) is 5.68. The van der Waals surface area contributed by atoms with Gasteiger partial charge in [-0.3, -0.25) is 0 Å². The van der Waals surface area contributed by atoms with Crippen molar-refractivity contribution in [3.05, 3.63) is 34.9 Å². The van der Waals surface area contributed by atoms with Crippen LogP contribution in [-0.2, 0) is 5.92 Å². The quantitative estimate of drug-likeness (QED) is 0.815. The van der Waals surface area contributed by atoms with Gasteiger partial charge in [-0.05, 0) is 38.4 Å². The number of rotatable bonds is 2. The van der Waals surface area contributed by atoms with Crippen LogP contribution in [0.1, 0.15) is 23.1 Å². The van der Waals surface area contributed by atoms with Gasteiger partial charge in [-0.15, -0.1) is 0 Å². The molecule has 1 atom stereocenters. The van der Waals surface area contributed by atoms with Crippen molar-refractivity contribution in [1.29, 1.82) is 0 Å².